The summed E-state index contributed by atoms with van der Waals surface area (Å²) in [6.45, 7) is 0.737. The van der Waals surface area contributed by atoms with Crippen molar-refractivity contribution in [2.75, 3.05) is 6.61 Å². The third kappa shape index (κ3) is 2.21. The molecule has 1 aliphatic heterocycles. The lowest BCUT2D eigenvalue weighted by atomic mass is 9.79. The van der Waals surface area contributed by atoms with Crippen LogP contribution >= 0.6 is 15.9 Å². The third-order valence-corrected chi connectivity index (χ3v) is 4.35. The molecule has 0 spiro atoms. The Morgan fingerprint density at radius 2 is 2.17 bits per heavy atom. The summed E-state index contributed by atoms with van der Waals surface area (Å²) in [5.41, 5.74) is 1.79. The maximum atomic E-state index is 10.8. The molecule has 0 bridgehead atoms. The second-order valence-electron chi connectivity index (χ2n) is 5.18. The molecule has 2 aliphatic rings. The van der Waals surface area contributed by atoms with Crippen LogP contribution < -0.4 is 0 Å². The number of aryl methyl sites for hydroxylation is 1. The fourth-order valence-corrected chi connectivity index (χ4v) is 3.25. The van der Waals surface area contributed by atoms with Crippen molar-refractivity contribution in [2.45, 2.75) is 37.7 Å². The highest BCUT2D eigenvalue weighted by molar-refractivity contribution is 9.10. The van der Waals surface area contributed by atoms with Crippen LogP contribution in [0.1, 0.15) is 30.4 Å². The number of rotatable bonds is 1. The van der Waals surface area contributed by atoms with Crippen molar-refractivity contribution in [1.82, 2.24) is 0 Å². The molecule has 1 N–H and O–H groups in total. The van der Waals surface area contributed by atoms with Crippen molar-refractivity contribution in [2.24, 2.45) is 0 Å². The minimum absolute atomic E-state index is 0.668. The largest absolute Gasteiger partial charge is 0.495 e. The fraction of sp³-hybridized carbons (Fsp3) is 0.467. The number of benzene rings is 1. The lowest BCUT2D eigenvalue weighted by Gasteiger charge is -2.36. The van der Waals surface area contributed by atoms with Gasteiger partial charge in [-0.1, -0.05) is 22.0 Å². The quantitative estimate of drug-likeness (QED) is 0.862. The molecular weight excluding hydrogens is 292 g/mol. The van der Waals surface area contributed by atoms with Crippen LogP contribution in [0.25, 0.3) is 0 Å². The molecule has 0 saturated carbocycles. The first-order valence-corrected chi connectivity index (χ1v) is 7.30. The van der Waals surface area contributed by atoms with Crippen molar-refractivity contribution in [3.05, 3.63) is 45.6 Å². The Balaban J connectivity index is 1.89. The molecule has 1 heterocycles. The first kappa shape index (κ1) is 12.2. The Kier molecular flexibility index (Phi) is 3.20. The van der Waals surface area contributed by atoms with E-state index in [0.29, 0.717) is 6.42 Å². The number of hydrogen-bond acceptors (Lipinski definition) is 2. The van der Waals surface area contributed by atoms with E-state index in [1.165, 1.54) is 11.1 Å². The molecule has 1 aromatic carbocycles. The standard InChI is InChI=1S/C15H17BrO2/c16-13-5-4-12-10-15(17,7-6-11(12)9-13)14-3-1-2-8-18-14/h3-5,9,17H,1-2,6-8,10H2. The average molecular weight is 309 g/mol. The number of fused-ring (bicyclic) bond motifs is 1. The molecule has 18 heavy (non-hydrogen) atoms. The molecular formula is C15H17BrO2. The zero-order chi connectivity index (χ0) is 12.6. The molecule has 0 amide bonds. The molecule has 3 heteroatoms. The van der Waals surface area contributed by atoms with E-state index in [9.17, 15) is 5.11 Å². The van der Waals surface area contributed by atoms with Crippen molar-refractivity contribution in [1.29, 1.82) is 0 Å². The summed E-state index contributed by atoms with van der Waals surface area (Å²) in [4.78, 5) is 0. The van der Waals surface area contributed by atoms with Crippen LogP contribution in [0.3, 0.4) is 0 Å². The van der Waals surface area contributed by atoms with E-state index in [4.69, 9.17) is 4.74 Å². The Morgan fingerprint density at radius 3 is 2.94 bits per heavy atom. The number of allylic oxidation sites excluding steroid dienone is 1. The molecule has 0 saturated heterocycles. The van der Waals surface area contributed by atoms with Gasteiger partial charge in [-0.05, 0) is 55.0 Å². The Labute approximate surface area is 116 Å². The van der Waals surface area contributed by atoms with E-state index >= 15 is 0 Å². The molecule has 1 aromatic rings. The SMILES string of the molecule is OC1(C2=CCCCO2)CCc2cc(Br)ccc2C1. The zero-order valence-corrected chi connectivity index (χ0v) is 11.9. The van der Waals surface area contributed by atoms with Crippen molar-refractivity contribution in [3.63, 3.8) is 0 Å². The molecule has 3 rings (SSSR count). The summed E-state index contributed by atoms with van der Waals surface area (Å²) < 4.78 is 6.77. The zero-order valence-electron chi connectivity index (χ0n) is 10.3. The van der Waals surface area contributed by atoms with Gasteiger partial charge in [-0.2, -0.15) is 0 Å². The molecule has 1 aliphatic carbocycles. The number of ether oxygens (including phenoxy) is 1. The molecule has 0 radical (unpaired) electrons. The number of hydrogen-bond donors (Lipinski definition) is 1. The summed E-state index contributed by atoms with van der Waals surface area (Å²) in [6.07, 6.45) is 6.47. The van der Waals surface area contributed by atoms with Gasteiger partial charge in [-0.3, -0.25) is 0 Å². The van der Waals surface area contributed by atoms with Crippen LogP contribution in [0.5, 0.6) is 0 Å². The highest BCUT2D eigenvalue weighted by Gasteiger charge is 2.37. The van der Waals surface area contributed by atoms with Crippen LogP contribution in [-0.4, -0.2) is 17.3 Å². The van der Waals surface area contributed by atoms with Gasteiger partial charge in [0.15, 0.2) is 0 Å². The van der Waals surface area contributed by atoms with Crippen LogP contribution in [0, 0.1) is 0 Å². The van der Waals surface area contributed by atoms with Crippen LogP contribution in [0.2, 0.25) is 0 Å². The van der Waals surface area contributed by atoms with Gasteiger partial charge in [0.05, 0.1) is 6.61 Å². The van der Waals surface area contributed by atoms with E-state index in [1.807, 2.05) is 6.07 Å². The normalized spacial score (nSPS) is 27.1. The summed E-state index contributed by atoms with van der Waals surface area (Å²) in [5, 5.41) is 10.8. The van der Waals surface area contributed by atoms with Gasteiger partial charge in [0.2, 0.25) is 0 Å². The first-order valence-electron chi connectivity index (χ1n) is 6.50. The van der Waals surface area contributed by atoms with E-state index in [0.717, 1.165) is 42.5 Å². The van der Waals surface area contributed by atoms with Gasteiger partial charge < -0.3 is 9.84 Å². The van der Waals surface area contributed by atoms with Gasteiger partial charge >= 0.3 is 0 Å². The van der Waals surface area contributed by atoms with E-state index < -0.39 is 5.60 Å². The smallest absolute Gasteiger partial charge is 0.125 e. The molecule has 2 nitrogen and oxygen atoms in total. The Morgan fingerprint density at radius 1 is 1.28 bits per heavy atom. The van der Waals surface area contributed by atoms with Gasteiger partial charge in [0.1, 0.15) is 11.4 Å². The minimum atomic E-state index is -0.790. The monoisotopic (exact) mass is 308 g/mol. The van der Waals surface area contributed by atoms with E-state index in [2.05, 4.69) is 34.1 Å². The summed E-state index contributed by atoms with van der Waals surface area (Å²) in [6, 6.07) is 6.30. The Hall–Kier alpha value is -0.800. The van der Waals surface area contributed by atoms with Crippen LogP contribution in [-0.2, 0) is 17.6 Å². The minimum Gasteiger partial charge on any atom is -0.495 e. The second kappa shape index (κ2) is 4.71. The van der Waals surface area contributed by atoms with Gasteiger partial charge in [-0.15, -0.1) is 0 Å². The predicted molar refractivity (Wildman–Crippen MR) is 74.4 cm³/mol. The summed E-state index contributed by atoms with van der Waals surface area (Å²) in [5.74, 6) is 0.794. The molecule has 1 atom stereocenters. The van der Waals surface area contributed by atoms with Gasteiger partial charge in [-0.25, -0.2) is 0 Å². The van der Waals surface area contributed by atoms with Crippen LogP contribution in [0.15, 0.2) is 34.5 Å². The molecule has 96 valence electrons. The molecule has 1 unspecified atom stereocenters. The predicted octanol–water partition coefficient (Wildman–Crippen LogP) is 3.36. The number of halogens is 1. The highest BCUT2D eigenvalue weighted by Crippen LogP contribution is 2.36. The molecule has 0 aromatic heterocycles. The molecule has 0 fully saturated rings. The maximum absolute atomic E-state index is 10.8. The lowest BCUT2D eigenvalue weighted by Crippen LogP contribution is -2.39. The summed E-state index contributed by atoms with van der Waals surface area (Å²) in [7, 11) is 0. The third-order valence-electron chi connectivity index (χ3n) is 3.85. The average Bonchev–Trinajstić information content (AvgIpc) is 2.40. The maximum Gasteiger partial charge on any atom is 0.125 e. The van der Waals surface area contributed by atoms with Crippen molar-refractivity contribution < 1.29 is 9.84 Å². The Bertz CT molecular complexity index is 495. The summed E-state index contributed by atoms with van der Waals surface area (Å²) >= 11 is 3.50. The van der Waals surface area contributed by atoms with Gasteiger partial charge in [0, 0.05) is 10.9 Å². The van der Waals surface area contributed by atoms with Crippen LogP contribution in [0.4, 0.5) is 0 Å². The second-order valence-corrected chi connectivity index (χ2v) is 6.10. The van der Waals surface area contributed by atoms with Crippen molar-refractivity contribution >= 4 is 15.9 Å². The van der Waals surface area contributed by atoms with Gasteiger partial charge in [0.25, 0.3) is 0 Å². The first-order chi connectivity index (χ1) is 8.67. The fourth-order valence-electron chi connectivity index (χ4n) is 2.84. The van der Waals surface area contributed by atoms with Crippen molar-refractivity contribution in [3.8, 4) is 0 Å². The topological polar surface area (TPSA) is 29.5 Å². The van der Waals surface area contributed by atoms with E-state index in [1.54, 1.807) is 0 Å². The highest BCUT2D eigenvalue weighted by atomic mass is 79.9. The lowest BCUT2D eigenvalue weighted by molar-refractivity contribution is -0.00572. The van der Waals surface area contributed by atoms with E-state index in [-0.39, 0.29) is 0 Å². The number of aliphatic hydroxyl groups is 1.